The molecule has 2 aliphatic rings. The maximum atomic E-state index is 12.0. The van der Waals surface area contributed by atoms with Crippen molar-refractivity contribution < 1.29 is 19.7 Å². The van der Waals surface area contributed by atoms with Gasteiger partial charge in [-0.3, -0.25) is 0 Å². The van der Waals surface area contributed by atoms with Crippen molar-refractivity contribution in [3.8, 4) is 0 Å². The van der Waals surface area contributed by atoms with Crippen molar-refractivity contribution in [2.45, 2.75) is 77.1 Å². The van der Waals surface area contributed by atoms with Crippen molar-refractivity contribution in [1.82, 2.24) is 0 Å². The highest BCUT2D eigenvalue weighted by Gasteiger charge is 2.32. The summed E-state index contributed by atoms with van der Waals surface area (Å²) in [6.45, 7) is 7.67. The van der Waals surface area contributed by atoms with E-state index in [9.17, 15) is 15.0 Å². The van der Waals surface area contributed by atoms with E-state index in [1.165, 1.54) is 0 Å². The van der Waals surface area contributed by atoms with Gasteiger partial charge in [0.2, 0.25) is 0 Å². The fraction of sp³-hybridized carbons (Fsp3) is 0.650. The molecule has 1 aliphatic carbocycles. The van der Waals surface area contributed by atoms with Crippen LogP contribution in [-0.2, 0) is 9.53 Å². The van der Waals surface area contributed by atoms with Crippen LogP contribution in [0.1, 0.15) is 59.8 Å². The maximum Gasteiger partial charge on any atom is 0.334 e. The van der Waals surface area contributed by atoms with Gasteiger partial charge in [0.1, 0.15) is 6.10 Å². The highest BCUT2D eigenvalue weighted by Crippen LogP contribution is 2.31. The zero-order valence-electron chi connectivity index (χ0n) is 15.2. The van der Waals surface area contributed by atoms with E-state index in [1.807, 2.05) is 26.8 Å². The number of fused-ring (bicyclic) bond motifs is 1. The molecule has 1 heterocycles. The van der Waals surface area contributed by atoms with Crippen molar-refractivity contribution in [3.05, 3.63) is 35.5 Å². The Balaban J connectivity index is 2.30. The van der Waals surface area contributed by atoms with Gasteiger partial charge >= 0.3 is 5.97 Å². The Kier molecular flexibility index (Phi) is 5.71. The third-order valence-electron chi connectivity index (χ3n) is 5.10. The number of esters is 1. The molecule has 0 radical (unpaired) electrons. The lowest BCUT2D eigenvalue weighted by atomic mass is 9.82. The van der Waals surface area contributed by atoms with E-state index in [-0.39, 0.29) is 18.0 Å². The average molecular weight is 334 g/mol. The molecule has 1 aliphatic heterocycles. The predicted molar refractivity (Wildman–Crippen MR) is 94.4 cm³/mol. The van der Waals surface area contributed by atoms with E-state index in [4.69, 9.17) is 4.74 Å². The first kappa shape index (κ1) is 18.9. The van der Waals surface area contributed by atoms with Gasteiger partial charge in [-0.25, -0.2) is 4.79 Å². The van der Waals surface area contributed by atoms with Crippen LogP contribution in [0.15, 0.2) is 35.5 Å². The van der Waals surface area contributed by atoms with E-state index < -0.39 is 11.2 Å². The molecule has 4 heteroatoms. The van der Waals surface area contributed by atoms with Crippen molar-refractivity contribution >= 4 is 5.97 Å². The maximum absolute atomic E-state index is 12.0. The molecule has 4 nitrogen and oxygen atoms in total. The molecule has 3 atom stereocenters. The Labute approximate surface area is 144 Å². The molecule has 2 bridgehead atoms. The Morgan fingerprint density at radius 3 is 2.62 bits per heavy atom. The average Bonchev–Trinajstić information content (AvgIpc) is 2.81. The van der Waals surface area contributed by atoms with Gasteiger partial charge in [-0.05, 0) is 51.5 Å². The summed E-state index contributed by atoms with van der Waals surface area (Å²) in [6, 6.07) is 0. The van der Waals surface area contributed by atoms with Crippen molar-refractivity contribution in [1.29, 1.82) is 0 Å². The largest absolute Gasteiger partial charge is 0.454 e. The molecule has 0 saturated heterocycles. The molecular weight excluding hydrogens is 304 g/mol. The molecule has 0 amide bonds. The van der Waals surface area contributed by atoms with Crippen LogP contribution >= 0.6 is 0 Å². The van der Waals surface area contributed by atoms with Crippen LogP contribution in [0.4, 0.5) is 0 Å². The first-order chi connectivity index (χ1) is 11.1. The molecule has 0 saturated carbocycles. The zero-order valence-corrected chi connectivity index (χ0v) is 15.2. The van der Waals surface area contributed by atoms with E-state index in [0.717, 1.165) is 12.0 Å². The van der Waals surface area contributed by atoms with E-state index >= 15 is 0 Å². The molecule has 2 rings (SSSR count). The highest BCUT2D eigenvalue weighted by atomic mass is 16.5. The second-order valence-electron chi connectivity index (χ2n) is 7.77. The number of hydrogen-bond donors (Lipinski definition) is 2. The number of aliphatic hydroxyl groups is 2. The predicted octanol–water partition coefficient (Wildman–Crippen LogP) is 3.44. The lowest BCUT2D eigenvalue weighted by Gasteiger charge is -2.30. The van der Waals surface area contributed by atoms with Gasteiger partial charge < -0.3 is 14.9 Å². The summed E-state index contributed by atoms with van der Waals surface area (Å²) in [5.41, 5.74) is -0.224. The minimum atomic E-state index is -1.06. The minimum absolute atomic E-state index is 0.0200. The zero-order chi connectivity index (χ0) is 18.0. The molecule has 0 fully saturated rings. The molecule has 0 spiro atoms. The van der Waals surface area contributed by atoms with Gasteiger partial charge in [-0.2, -0.15) is 0 Å². The Morgan fingerprint density at radius 2 is 1.96 bits per heavy atom. The molecule has 2 N–H and O–H groups in total. The lowest BCUT2D eigenvalue weighted by molar-refractivity contribution is -0.139. The quantitative estimate of drug-likeness (QED) is 0.569. The van der Waals surface area contributed by atoms with Gasteiger partial charge in [-0.1, -0.05) is 37.6 Å². The third kappa shape index (κ3) is 4.81. The van der Waals surface area contributed by atoms with Crippen LogP contribution in [0.5, 0.6) is 0 Å². The number of allylic oxidation sites excluding steroid dienone is 1. The van der Waals surface area contributed by atoms with Gasteiger partial charge in [0, 0.05) is 12.0 Å². The molecule has 0 unspecified atom stereocenters. The van der Waals surface area contributed by atoms with E-state index in [0.29, 0.717) is 31.3 Å². The van der Waals surface area contributed by atoms with Gasteiger partial charge in [0.15, 0.2) is 0 Å². The van der Waals surface area contributed by atoms with Crippen LogP contribution in [0.2, 0.25) is 0 Å². The summed E-state index contributed by atoms with van der Waals surface area (Å²) in [5.74, 6) is -0.293. The number of rotatable bonds is 1. The molecule has 24 heavy (non-hydrogen) atoms. The Bertz CT molecular complexity index is 568. The first-order valence-electron chi connectivity index (χ1n) is 8.84. The normalized spacial score (nSPS) is 38.8. The van der Waals surface area contributed by atoms with Crippen LogP contribution in [-0.4, -0.2) is 33.5 Å². The summed E-state index contributed by atoms with van der Waals surface area (Å²) in [4.78, 5) is 12.0. The van der Waals surface area contributed by atoms with Crippen LogP contribution in [0.25, 0.3) is 0 Å². The minimum Gasteiger partial charge on any atom is -0.454 e. The summed E-state index contributed by atoms with van der Waals surface area (Å²) in [7, 11) is 0. The first-order valence-corrected chi connectivity index (χ1v) is 8.84. The fourth-order valence-corrected chi connectivity index (χ4v) is 3.14. The molecule has 0 aromatic heterocycles. The molecule has 134 valence electrons. The summed E-state index contributed by atoms with van der Waals surface area (Å²) < 4.78 is 5.42. The molecule has 0 aromatic carbocycles. The SMILES string of the molecule is C/C1=C\CC[C@@](C)(O)/C=C/[C@@](O)(C(C)C)CCC2=C[C@@H](C1)OC2=O. The van der Waals surface area contributed by atoms with Crippen molar-refractivity contribution in [2.75, 3.05) is 0 Å². The fourth-order valence-electron chi connectivity index (χ4n) is 3.14. The third-order valence-corrected chi connectivity index (χ3v) is 5.10. The lowest BCUT2D eigenvalue weighted by Crippen LogP contribution is -2.34. The smallest absolute Gasteiger partial charge is 0.334 e. The van der Waals surface area contributed by atoms with E-state index in [2.05, 4.69) is 6.08 Å². The van der Waals surface area contributed by atoms with Gasteiger partial charge in [-0.15, -0.1) is 0 Å². The van der Waals surface area contributed by atoms with Crippen LogP contribution in [0, 0.1) is 5.92 Å². The number of hydrogen-bond acceptors (Lipinski definition) is 4. The Morgan fingerprint density at radius 1 is 1.25 bits per heavy atom. The van der Waals surface area contributed by atoms with Crippen LogP contribution < -0.4 is 0 Å². The number of ether oxygens (including phenoxy) is 1. The number of carbonyl (C=O) groups excluding carboxylic acids is 1. The molecule has 0 aromatic rings. The van der Waals surface area contributed by atoms with Crippen molar-refractivity contribution in [3.63, 3.8) is 0 Å². The summed E-state index contributed by atoms with van der Waals surface area (Å²) >= 11 is 0. The van der Waals surface area contributed by atoms with Crippen LogP contribution in [0.3, 0.4) is 0 Å². The topological polar surface area (TPSA) is 66.8 Å². The Hall–Kier alpha value is -1.39. The van der Waals surface area contributed by atoms with Crippen molar-refractivity contribution in [2.24, 2.45) is 5.92 Å². The van der Waals surface area contributed by atoms with Gasteiger partial charge in [0.25, 0.3) is 0 Å². The summed E-state index contributed by atoms with van der Waals surface area (Å²) in [5, 5.41) is 21.5. The highest BCUT2D eigenvalue weighted by molar-refractivity contribution is 5.90. The second-order valence-corrected chi connectivity index (χ2v) is 7.77. The van der Waals surface area contributed by atoms with Gasteiger partial charge in [0.05, 0.1) is 11.2 Å². The van der Waals surface area contributed by atoms with E-state index in [1.54, 1.807) is 19.1 Å². The summed E-state index contributed by atoms with van der Waals surface area (Å²) in [6.07, 6.45) is 10.1. The monoisotopic (exact) mass is 334 g/mol. The molecular formula is C20H30O4. The second kappa shape index (κ2) is 7.24. The number of carbonyl (C=O) groups is 1. The standard InChI is InChI=1S/C20H30O4/c1-14(2)20(23)9-7-16-13-17(24-18(16)21)12-15(3)6-5-8-19(4,22)10-11-20/h6,10-11,13-14,17,22-23H,5,7-9,12H2,1-4H3/b11-10+,15-6+/t17-,19-,20-/m1/s1.